The Labute approximate surface area is 160 Å². The van der Waals surface area contributed by atoms with Crippen LogP contribution in [0.15, 0.2) is 29.2 Å². The lowest BCUT2D eigenvalue weighted by molar-refractivity contribution is -0.115. The van der Waals surface area contributed by atoms with Crippen molar-refractivity contribution in [2.75, 3.05) is 12.3 Å². The van der Waals surface area contributed by atoms with Crippen molar-refractivity contribution in [2.45, 2.75) is 43.0 Å². The first-order chi connectivity index (χ1) is 11.8. The average molecular weight is 404 g/mol. The van der Waals surface area contributed by atoms with Crippen LogP contribution >= 0.6 is 12.4 Å². The number of nitrogens with two attached hydrogens (primary N) is 2. The van der Waals surface area contributed by atoms with Gasteiger partial charge in [-0.1, -0.05) is 19.3 Å². The molecule has 1 saturated carbocycles. The second-order valence-corrected chi connectivity index (χ2v) is 8.45. The molecule has 1 atom stereocenters. The Hall–Kier alpha value is -1.64. The van der Waals surface area contributed by atoms with Gasteiger partial charge in [-0.15, -0.1) is 12.4 Å². The normalized spacial score (nSPS) is 16.3. The molecule has 26 heavy (non-hydrogen) atoms. The van der Waals surface area contributed by atoms with E-state index in [0.29, 0.717) is 18.0 Å². The molecular formula is C17H26ClN3O4S. The van der Waals surface area contributed by atoms with E-state index in [2.05, 4.69) is 5.32 Å². The quantitative estimate of drug-likeness (QED) is 0.624. The van der Waals surface area contributed by atoms with E-state index < -0.39 is 21.5 Å². The second-order valence-electron chi connectivity index (χ2n) is 6.46. The molecule has 0 spiro atoms. The maximum atomic E-state index is 12.4. The van der Waals surface area contributed by atoms with Crippen molar-refractivity contribution in [1.29, 1.82) is 0 Å². The summed E-state index contributed by atoms with van der Waals surface area (Å²) in [4.78, 5) is 23.2. The van der Waals surface area contributed by atoms with E-state index >= 15 is 0 Å². The minimum absolute atomic E-state index is 0. The Morgan fingerprint density at radius 1 is 1.12 bits per heavy atom. The van der Waals surface area contributed by atoms with E-state index in [0.717, 1.165) is 25.7 Å². The molecule has 9 heteroatoms. The zero-order valence-electron chi connectivity index (χ0n) is 14.5. The second kappa shape index (κ2) is 9.89. The van der Waals surface area contributed by atoms with Crippen LogP contribution in [0.5, 0.6) is 0 Å². The van der Waals surface area contributed by atoms with Crippen LogP contribution in [-0.4, -0.2) is 38.6 Å². The molecular weight excluding hydrogens is 378 g/mol. The lowest BCUT2D eigenvalue weighted by atomic mass is 9.84. The summed E-state index contributed by atoms with van der Waals surface area (Å²) in [5.41, 5.74) is 11.1. The van der Waals surface area contributed by atoms with Crippen LogP contribution in [0.3, 0.4) is 0 Å². The molecule has 0 aromatic heterocycles. The Morgan fingerprint density at radius 3 is 2.19 bits per heavy atom. The first-order valence-electron chi connectivity index (χ1n) is 8.45. The molecule has 1 aromatic carbocycles. The highest BCUT2D eigenvalue weighted by atomic mass is 35.5. The van der Waals surface area contributed by atoms with Crippen LogP contribution in [0.2, 0.25) is 0 Å². The number of halogens is 1. The van der Waals surface area contributed by atoms with Crippen molar-refractivity contribution < 1.29 is 18.0 Å². The van der Waals surface area contributed by atoms with Gasteiger partial charge >= 0.3 is 0 Å². The number of primary amides is 1. The molecule has 0 heterocycles. The molecule has 1 fully saturated rings. The number of benzene rings is 1. The third-order valence-electron chi connectivity index (χ3n) is 4.60. The molecule has 1 aromatic rings. The third-order valence-corrected chi connectivity index (χ3v) is 6.25. The Balaban J connectivity index is 0.00000338. The van der Waals surface area contributed by atoms with Crippen molar-refractivity contribution in [1.82, 2.24) is 5.32 Å². The summed E-state index contributed by atoms with van der Waals surface area (Å²) in [5, 5.41) is 2.96. The topological polar surface area (TPSA) is 132 Å². The summed E-state index contributed by atoms with van der Waals surface area (Å²) in [7, 11) is -3.77. The molecule has 146 valence electrons. The van der Waals surface area contributed by atoms with Crippen molar-refractivity contribution in [3.05, 3.63) is 29.8 Å². The van der Waals surface area contributed by atoms with Crippen molar-refractivity contribution in [3.63, 3.8) is 0 Å². The number of carbonyl (C=O) groups is 2. The fourth-order valence-corrected chi connectivity index (χ4v) is 4.33. The van der Waals surface area contributed by atoms with Gasteiger partial charge in [-0.2, -0.15) is 0 Å². The Bertz CT molecular complexity index is 716. The SMILES string of the molecule is Cl.NCC(NC(=O)c1ccc(S(=O)(=O)CC(N)=O)cc1)C1CCCCC1. The van der Waals surface area contributed by atoms with E-state index in [1.807, 2.05) is 0 Å². The van der Waals surface area contributed by atoms with E-state index in [9.17, 15) is 18.0 Å². The summed E-state index contributed by atoms with van der Waals surface area (Å²) < 4.78 is 23.9. The van der Waals surface area contributed by atoms with Crippen LogP contribution in [-0.2, 0) is 14.6 Å². The predicted molar refractivity (Wildman–Crippen MR) is 102 cm³/mol. The van der Waals surface area contributed by atoms with E-state index in [-0.39, 0.29) is 29.3 Å². The minimum atomic E-state index is -3.77. The number of sulfone groups is 1. The number of hydrogen-bond acceptors (Lipinski definition) is 5. The maximum Gasteiger partial charge on any atom is 0.251 e. The Morgan fingerprint density at radius 2 is 1.69 bits per heavy atom. The molecule has 1 aliphatic rings. The van der Waals surface area contributed by atoms with Crippen molar-refractivity contribution >= 4 is 34.1 Å². The van der Waals surface area contributed by atoms with Crippen LogP contribution in [0, 0.1) is 5.92 Å². The van der Waals surface area contributed by atoms with Gasteiger partial charge in [0, 0.05) is 18.2 Å². The molecule has 1 aliphatic carbocycles. The smallest absolute Gasteiger partial charge is 0.251 e. The van der Waals surface area contributed by atoms with Gasteiger partial charge in [-0.3, -0.25) is 9.59 Å². The summed E-state index contributed by atoms with van der Waals surface area (Å²) in [6, 6.07) is 5.40. The van der Waals surface area contributed by atoms with Crippen LogP contribution < -0.4 is 16.8 Å². The minimum Gasteiger partial charge on any atom is -0.369 e. The van der Waals surface area contributed by atoms with Crippen LogP contribution in [0.1, 0.15) is 42.5 Å². The number of hydrogen-bond donors (Lipinski definition) is 3. The van der Waals surface area contributed by atoms with Gasteiger partial charge in [0.1, 0.15) is 5.75 Å². The largest absolute Gasteiger partial charge is 0.369 e. The van der Waals surface area contributed by atoms with E-state index in [1.54, 1.807) is 0 Å². The number of rotatable bonds is 7. The third kappa shape index (κ3) is 5.96. The lowest BCUT2D eigenvalue weighted by Crippen LogP contribution is -2.45. The zero-order valence-corrected chi connectivity index (χ0v) is 16.2. The summed E-state index contributed by atoms with van der Waals surface area (Å²) in [5.74, 6) is -1.56. The van der Waals surface area contributed by atoms with Gasteiger partial charge in [0.25, 0.3) is 5.91 Å². The number of amides is 2. The number of nitrogens with one attached hydrogen (secondary N) is 1. The monoisotopic (exact) mass is 403 g/mol. The Kier molecular flexibility index (Phi) is 8.52. The van der Waals surface area contributed by atoms with Crippen LogP contribution in [0.25, 0.3) is 0 Å². The van der Waals surface area contributed by atoms with Crippen molar-refractivity contribution in [2.24, 2.45) is 17.4 Å². The van der Waals surface area contributed by atoms with Crippen molar-refractivity contribution in [3.8, 4) is 0 Å². The molecule has 0 bridgehead atoms. The fourth-order valence-electron chi connectivity index (χ4n) is 3.24. The van der Waals surface area contributed by atoms with E-state index in [4.69, 9.17) is 11.5 Å². The number of carbonyl (C=O) groups excluding carboxylic acids is 2. The van der Waals surface area contributed by atoms with Gasteiger partial charge in [0.2, 0.25) is 5.91 Å². The van der Waals surface area contributed by atoms with Gasteiger partial charge in [-0.05, 0) is 43.0 Å². The highest BCUT2D eigenvalue weighted by Gasteiger charge is 2.24. The molecule has 7 nitrogen and oxygen atoms in total. The molecule has 0 radical (unpaired) electrons. The van der Waals surface area contributed by atoms with Gasteiger partial charge < -0.3 is 16.8 Å². The van der Waals surface area contributed by atoms with Gasteiger partial charge in [0.15, 0.2) is 9.84 Å². The standard InChI is InChI=1S/C17H25N3O4S.ClH/c18-10-15(12-4-2-1-3-5-12)20-17(22)13-6-8-14(9-7-13)25(23,24)11-16(19)21;/h6-9,12,15H,1-5,10-11,18H2,(H2,19,21)(H,20,22);1H. The van der Waals surface area contributed by atoms with Crippen LogP contribution in [0.4, 0.5) is 0 Å². The first-order valence-corrected chi connectivity index (χ1v) is 10.1. The zero-order chi connectivity index (χ0) is 18.4. The summed E-state index contributed by atoms with van der Waals surface area (Å²) >= 11 is 0. The fraction of sp³-hybridized carbons (Fsp3) is 0.529. The molecule has 2 amide bonds. The van der Waals surface area contributed by atoms with Gasteiger partial charge in [0.05, 0.1) is 4.90 Å². The average Bonchev–Trinajstić information content (AvgIpc) is 2.59. The molecule has 0 saturated heterocycles. The first kappa shape index (κ1) is 22.4. The lowest BCUT2D eigenvalue weighted by Gasteiger charge is -2.30. The highest BCUT2D eigenvalue weighted by Crippen LogP contribution is 2.26. The summed E-state index contributed by atoms with van der Waals surface area (Å²) in [6.45, 7) is 0.376. The molecule has 2 rings (SSSR count). The predicted octanol–water partition coefficient (Wildman–Crippen LogP) is 1.00. The molecule has 5 N–H and O–H groups in total. The summed E-state index contributed by atoms with van der Waals surface area (Å²) in [6.07, 6.45) is 5.66. The van der Waals surface area contributed by atoms with E-state index in [1.165, 1.54) is 30.7 Å². The highest BCUT2D eigenvalue weighted by molar-refractivity contribution is 7.92. The maximum absolute atomic E-state index is 12.4. The molecule has 1 unspecified atom stereocenters. The molecule has 0 aliphatic heterocycles. The van der Waals surface area contributed by atoms with Gasteiger partial charge in [-0.25, -0.2) is 8.42 Å².